The number of ether oxygens (including phenoxy) is 1. The molecule has 1 aromatic carbocycles. The highest BCUT2D eigenvalue weighted by molar-refractivity contribution is 6.33. The summed E-state index contributed by atoms with van der Waals surface area (Å²) in [4.78, 5) is 11.0. The maximum Gasteiger partial charge on any atom is 0.156 e. The van der Waals surface area contributed by atoms with Crippen molar-refractivity contribution >= 4 is 23.1 Å². The van der Waals surface area contributed by atoms with E-state index in [9.17, 15) is 0 Å². The van der Waals surface area contributed by atoms with Gasteiger partial charge in [0.25, 0.3) is 0 Å². The van der Waals surface area contributed by atoms with Crippen LogP contribution in [0.1, 0.15) is 18.7 Å². The molecule has 1 unspecified atom stereocenters. The summed E-state index contributed by atoms with van der Waals surface area (Å²) in [7, 11) is 1.64. The fourth-order valence-electron chi connectivity index (χ4n) is 2.91. The van der Waals surface area contributed by atoms with Gasteiger partial charge in [-0.2, -0.15) is 0 Å². The molecule has 0 aliphatic carbocycles. The predicted molar refractivity (Wildman–Crippen MR) is 93.1 cm³/mol. The van der Waals surface area contributed by atoms with Gasteiger partial charge in [-0.05, 0) is 31.0 Å². The molecule has 1 aromatic heterocycles. The standard InChI is InChI=1S/C17H21ClN4O/c1-23-12-17-19-9-8-16(21-17)20-13-5-4-10-22(11-13)15-7-3-2-6-14(15)18/h2-3,6-9,13H,4-5,10-12H2,1H3,(H,19,20,21). The van der Waals surface area contributed by atoms with E-state index in [4.69, 9.17) is 16.3 Å². The number of methoxy groups -OCH3 is 1. The maximum absolute atomic E-state index is 6.32. The minimum atomic E-state index is 0.338. The Bertz CT molecular complexity index is 652. The highest BCUT2D eigenvalue weighted by atomic mass is 35.5. The number of anilines is 2. The van der Waals surface area contributed by atoms with Crippen molar-refractivity contribution in [1.82, 2.24) is 9.97 Å². The predicted octanol–water partition coefficient (Wildman–Crippen LogP) is 3.36. The molecule has 5 nitrogen and oxygen atoms in total. The zero-order valence-electron chi connectivity index (χ0n) is 13.2. The van der Waals surface area contributed by atoms with Crippen LogP contribution >= 0.6 is 11.6 Å². The lowest BCUT2D eigenvalue weighted by Gasteiger charge is -2.35. The number of hydrogen-bond acceptors (Lipinski definition) is 5. The molecule has 122 valence electrons. The molecule has 0 amide bonds. The summed E-state index contributed by atoms with van der Waals surface area (Å²) < 4.78 is 5.09. The second kappa shape index (κ2) is 7.62. The van der Waals surface area contributed by atoms with Crippen LogP contribution in [0.3, 0.4) is 0 Å². The number of para-hydroxylation sites is 1. The van der Waals surface area contributed by atoms with Gasteiger partial charge in [-0.15, -0.1) is 0 Å². The first-order valence-corrected chi connectivity index (χ1v) is 8.21. The van der Waals surface area contributed by atoms with Crippen molar-refractivity contribution < 1.29 is 4.74 Å². The van der Waals surface area contributed by atoms with Gasteiger partial charge in [-0.25, -0.2) is 9.97 Å². The van der Waals surface area contributed by atoms with Crippen LogP contribution in [-0.2, 0) is 11.3 Å². The summed E-state index contributed by atoms with van der Waals surface area (Å²) in [5.74, 6) is 1.54. The fourth-order valence-corrected chi connectivity index (χ4v) is 3.16. The van der Waals surface area contributed by atoms with E-state index in [0.717, 1.165) is 42.5 Å². The second-order valence-electron chi connectivity index (χ2n) is 5.67. The number of aromatic nitrogens is 2. The van der Waals surface area contributed by atoms with Crippen LogP contribution in [0.4, 0.5) is 11.5 Å². The molecule has 2 heterocycles. The summed E-state index contributed by atoms with van der Waals surface area (Å²) in [5, 5.41) is 4.31. The van der Waals surface area contributed by atoms with Gasteiger partial charge >= 0.3 is 0 Å². The molecule has 3 rings (SSSR count). The van der Waals surface area contributed by atoms with E-state index in [2.05, 4.69) is 26.3 Å². The van der Waals surface area contributed by atoms with Crippen molar-refractivity contribution in [2.24, 2.45) is 0 Å². The van der Waals surface area contributed by atoms with Gasteiger partial charge in [0.05, 0.1) is 10.7 Å². The molecule has 1 atom stereocenters. The Balaban J connectivity index is 1.67. The molecule has 1 saturated heterocycles. The maximum atomic E-state index is 6.32. The molecule has 0 saturated carbocycles. The lowest BCUT2D eigenvalue weighted by molar-refractivity contribution is 0.178. The number of hydrogen-bond donors (Lipinski definition) is 1. The van der Waals surface area contributed by atoms with Crippen molar-refractivity contribution in [2.45, 2.75) is 25.5 Å². The molecular formula is C17H21ClN4O. The van der Waals surface area contributed by atoms with Crippen LogP contribution in [-0.4, -0.2) is 36.2 Å². The van der Waals surface area contributed by atoms with E-state index in [-0.39, 0.29) is 0 Å². The fraction of sp³-hybridized carbons (Fsp3) is 0.412. The summed E-state index contributed by atoms with van der Waals surface area (Å²) in [5.41, 5.74) is 1.10. The summed E-state index contributed by atoms with van der Waals surface area (Å²) >= 11 is 6.32. The van der Waals surface area contributed by atoms with Crippen molar-refractivity contribution in [3.05, 3.63) is 47.4 Å². The van der Waals surface area contributed by atoms with Gasteiger partial charge in [-0.1, -0.05) is 23.7 Å². The lowest BCUT2D eigenvalue weighted by Crippen LogP contribution is -2.42. The monoisotopic (exact) mass is 332 g/mol. The average molecular weight is 333 g/mol. The van der Waals surface area contributed by atoms with Gasteiger partial charge in [0, 0.05) is 32.4 Å². The number of rotatable bonds is 5. The van der Waals surface area contributed by atoms with E-state index in [1.54, 1.807) is 13.3 Å². The van der Waals surface area contributed by atoms with E-state index >= 15 is 0 Å². The van der Waals surface area contributed by atoms with Gasteiger partial charge in [0.15, 0.2) is 5.82 Å². The first-order valence-electron chi connectivity index (χ1n) is 7.83. The van der Waals surface area contributed by atoms with Crippen LogP contribution < -0.4 is 10.2 Å². The highest BCUT2D eigenvalue weighted by Gasteiger charge is 2.21. The third-order valence-electron chi connectivity index (χ3n) is 3.95. The lowest BCUT2D eigenvalue weighted by atomic mass is 10.0. The van der Waals surface area contributed by atoms with Crippen molar-refractivity contribution in [2.75, 3.05) is 30.4 Å². The van der Waals surface area contributed by atoms with Crippen LogP contribution in [0.5, 0.6) is 0 Å². The van der Waals surface area contributed by atoms with Gasteiger partial charge in [0.1, 0.15) is 12.4 Å². The summed E-state index contributed by atoms with van der Waals surface area (Å²) in [6.45, 7) is 2.36. The SMILES string of the molecule is COCc1nccc(NC2CCCN(c3ccccc3Cl)C2)n1. The molecule has 1 aliphatic rings. The molecule has 0 spiro atoms. The number of piperidine rings is 1. The third kappa shape index (κ3) is 4.12. The smallest absolute Gasteiger partial charge is 0.156 e. The van der Waals surface area contributed by atoms with Crippen molar-refractivity contribution in [3.8, 4) is 0 Å². The number of nitrogens with zero attached hydrogens (tertiary/aromatic N) is 3. The molecule has 2 aromatic rings. The van der Waals surface area contributed by atoms with Gasteiger partial charge in [-0.3, -0.25) is 0 Å². The molecule has 1 N–H and O–H groups in total. The highest BCUT2D eigenvalue weighted by Crippen LogP contribution is 2.28. The second-order valence-corrected chi connectivity index (χ2v) is 6.08. The number of benzene rings is 1. The van der Waals surface area contributed by atoms with Crippen LogP contribution in [0.15, 0.2) is 36.5 Å². The first-order chi connectivity index (χ1) is 11.3. The van der Waals surface area contributed by atoms with Gasteiger partial charge in [0.2, 0.25) is 0 Å². The Labute approximate surface area is 141 Å². The van der Waals surface area contributed by atoms with E-state index in [1.807, 2.05) is 24.3 Å². The molecule has 0 bridgehead atoms. The molecule has 0 radical (unpaired) electrons. The molecule has 1 fully saturated rings. The third-order valence-corrected chi connectivity index (χ3v) is 4.27. The average Bonchev–Trinajstić information content (AvgIpc) is 2.56. The normalized spacial score (nSPS) is 18.0. The zero-order chi connectivity index (χ0) is 16.1. The van der Waals surface area contributed by atoms with Crippen LogP contribution in [0.25, 0.3) is 0 Å². The van der Waals surface area contributed by atoms with E-state index < -0.39 is 0 Å². The Hall–Kier alpha value is -1.85. The minimum absolute atomic E-state index is 0.338. The Morgan fingerprint density at radius 1 is 1.35 bits per heavy atom. The Kier molecular flexibility index (Phi) is 5.31. The summed E-state index contributed by atoms with van der Waals surface area (Å²) in [6.07, 6.45) is 4.00. The molecule has 1 aliphatic heterocycles. The minimum Gasteiger partial charge on any atom is -0.377 e. The molecular weight excluding hydrogens is 312 g/mol. The molecule has 6 heteroatoms. The quantitative estimate of drug-likeness (QED) is 0.910. The largest absolute Gasteiger partial charge is 0.377 e. The number of nitrogens with one attached hydrogen (secondary N) is 1. The van der Waals surface area contributed by atoms with E-state index in [1.165, 1.54) is 0 Å². The Morgan fingerprint density at radius 3 is 3.04 bits per heavy atom. The summed E-state index contributed by atoms with van der Waals surface area (Å²) in [6, 6.07) is 10.2. The van der Waals surface area contributed by atoms with E-state index in [0.29, 0.717) is 18.5 Å². The number of halogens is 1. The van der Waals surface area contributed by atoms with Crippen molar-refractivity contribution in [1.29, 1.82) is 0 Å². The van der Waals surface area contributed by atoms with Crippen LogP contribution in [0.2, 0.25) is 5.02 Å². The Morgan fingerprint density at radius 2 is 2.22 bits per heavy atom. The van der Waals surface area contributed by atoms with Crippen LogP contribution in [0, 0.1) is 0 Å². The zero-order valence-corrected chi connectivity index (χ0v) is 14.0. The topological polar surface area (TPSA) is 50.3 Å². The van der Waals surface area contributed by atoms with Gasteiger partial charge < -0.3 is 15.0 Å². The molecule has 23 heavy (non-hydrogen) atoms. The first kappa shape index (κ1) is 16.0. The van der Waals surface area contributed by atoms with Crippen molar-refractivity contribution in [3.63, 3.8) is 0 Å².